The molecule has 0 aliphatic heterocycles. The lowest BCUT2D eigenvalue weighted by Crippen LogP contribution is -2.21. The molecule has 5 heteroatoms. The van der Waals surface area contributed by atoms with Gasteiger partial charge in [0.15, 0.2) is 6.29 Å². The Morgan fingerprint density at radius 3 is 2.26 bits per heavy atom. The summed E-state index contributed by atoms with van der Waals surface area (Å²) in [7, 11) is 0.641. The van der Waals surface area contributed by atoms with E-state index in [4.69, 9.17) is 9.16 Å². The molecule has 1 radical (unpaired) electrons. The average molecular weight is 344 g/mol. The summed E-state index contributed by atoms with van der Waals surface area (Å²) in [5.41, 5.74) is 1.35. The fourth-order valence-electron chi connectivity index (χ4n) is 1.94. The minimum absolute atomic E-state index is 0.183. The van der Waals surface area contributed by atoms with Gasteiger partial charge < -0.3 is 9.16 Å². The molecule has 0 spiro atoms. The molecule has 19 heavy (non-hydrogen) atoms. The highest BCUT2D eigenvalue weighted by molar-refractivity contribution is 9.10. The number of benzene rings is 1. The maximum Gasteiger partial charge on any atom is 0.274 e. The second-order valence-electron chi connectivity index (χ2n) is 5.56. The highest BCUT2D eigenvalue weighted by atomic mass is 79.9. The van der Waals surface area contributed by atoms with Crippen LogP contribution in [0.3, 0.4) is 0 Å². The predicted molar refractivity (Wildman–Crippen MR) is 82.9 cm³/mol. The first-order valence-electron chi connectivity index (χ1n) is 6.06. The molecule has 105 valence electrons. The Balaban J connectivity index is 3.65. The van der Waals surface area contributed by atoms with E-state index in [0.717, 1.165) is 22.1 Å². The highest BCUT2D eigenvalue weighted by Gasteiger charge is 2.27. The van der Waals surface area contributed by atoms with Crippen molar-refractivity contribution in [2.24, 2.45) is 0 Å². The van der Waals surface area contributed by atoms with E-state index in [2.05, 4.69) is 49.8 Å². The number of carbonyl (C=O) groups excluding carboxylic acids is 1. The summed E-state index contributed by atoms with van der Waals surface area (Å²) in [6, 6.07) is 1.75. The Morgan fingerprint density at radius 1 is 1.32 bits per heavy atom. The van der Waals surface area contributed by atoms with Crippen molar-refractivity contribution in [1.29, 1.82) is 0 Å². The fourth-order valence-corrected chi connectivity index (χ4v) is 3.26. The van der Waals surface area contributed by atoms with Crippen LogP contribution in [-0.2, 0) is 5.41 Å². The largest absolute Gasteiger partial charge is 0.542 e. The van der Waals surface area contributed by atoms with Crippen LogP contribution in [0.5, 0.6) is 11.5 Å². The summed E-state index contributed by atoms with van der Waals surface area (Å²) in [5, 5.41) is 0. The molecule has 0 aliphatic carbocycles. The summed E-state index contributed by atoms with van der Waals surface area (Å²) in [6.45, 7) is 10.3. The van der Waals surface area contributed by atoms with Gasteiger partial charge in [-0.15, -0.1) is 0 Å². The van der Waals surface area contributed by atoms with E-state index in [1.807, 2.05) is 0 Å². The van der Waals surface area contributed by atoms with Crippen molar-refractivity contribution < 1.29 is 14.0 Å². The minimum atomic E-state index is -0.941. The van der Waals surface area contributed by atoms with Crippen molar-refractivity contribution >= 4 is 31.3 Å². The van der Waals surface area contributed by atoms with Crippen LogP contribution in [-0.4, -0.2) is 22.4 Å². The number of ether oxygens (including phenoxy) is 1. The Morgan fingerprint density at radius 2 is 1.89 bits per heavy atom. The van der Waals surface area contributed by atoms with Crippen molar-refractivity contribution in [2.75, 3.05) is 7.11 Å². The fraction of sp³-hybridized carbons (Fsp3) is 0.500. The van der Waals surface area contributed by atoms with Crippen molar-refractivity contribution in [3.05, 3.63) is 21.7 Å². The van der Waals surface area contributed by atoms with Gasteiger partial charge in [0.1, 0.15) is 16.0 Å². The second-order valence-corrected chi connectivity index (χ2v) is 8.38. The third kappa shape index (κ3) is 3.60. The van der Waals surface area contributed by atoms with Gasteiger partial charge in [-0.25, -0.2) is 0 Å². The Bertz CT molecular complexity index is 479. The Labute approximate surface area is 125 Å². The van der Waals surface area contributed by atoms with Crippen LogP contribution < -0.4 is 9.16 Å². The second kappa shape index (κ2) is 6.09. The third-order valence-electron chi connectivity index (χ3n) is 2.62. The lowest BCUT2D eigenvalue weighted by Gasteiger charge is -2.27. The van der Waals surface area contributed by atoms with Crippen LogP contribution in [0.1, 0.15) is 36.7 Å². The summed E-state index contributed by atoms with van der Waals surface area (Å²) < 4.78 is 12.1. The van der Waals surface area contributed by atoms with E-state index in [1.54, 1.807) is 13.2 Å². The van der Waals surface area contributed by atoms with Gasteiger partial charge in [0.05, 0.1) is 7.11 Å². The van der Waals surface area contributed by atoms with Crippen LogP contribution in [0.4, 0.5) is 0 Å². The molecule has 0 unspecified atom stereocenters. The Kier molecular flexibility index (Phi) is 5.21. The molecule has 3 nitrogen and oxygen atoms in total. The van der Waals surface area contributed by atoms with Crippen LogP contribution in [0, 0.1) is 0 Å². The van der Waals surface area contributed by atoms with Gasteiger partial charge in [-0.3, -0.25) is 4.79 Å². The topological polar surface area (TPSA) is 35.5 Å². The van der Waals surface area contributed by atoms with Gasteiger partial charge in [0.2, 0.25) is 0 Å². The number of methoxy groups -OCH3 is 1. The summed E-state index contributed by atoms with van der Waals surface area (Å²) in [4.78, 5) is 11.4. The van der Waals surface area contributed by atoms with Crippen molar-refractivity contribution in [3.63, 3.8) is 0 Å². The molecule has 0 aliphatic rings. The average Bonchev–Trinajstić information content (AvgIpc) is 2.29. The molecule has 0 saturated heterocycles. The lowest BCUT2D eigenvalue weighted by atomic mass is 9.83. The predicted octanol–water partition coefficient (Wildman–Crippen LogP) is 4.20. The zero-order valence-electron chi connectivity index (χ0n) is 12.3. The minimum Gasteiger partial charge on any atom is -0.542 e. The molecule has 0 aromatic heterocycles. The maximum atomic E-state index is 11.4. The molecule has 0 N–H and O–H groups in total. The quantitative estimate of drug-likeness (QED) is 0.607. The summed E-state index contributed by atoms with van der Waals surface area (Å²) in [6.07, 6.45) is 0.861. The summed E-state index contributed by atoms with van der Waals surface area (Å²) >= 11 is 3.53. The van der Waals surface area contributed by atoms with Crippen molar-refractivity contribution in [1.82, 2.24) is 0 Å². The van der Waals surface area contributed by atoms with Gasteiger partial charge in [0.25, 0.3) is 9.04 Å². The SMILES string of the molecule is COc1cc(C=O)c(C(C)(C)C)c(O[Si](C)C)c1Br. The number of hydrogen-bond donors (Lipinski definition) is 0. The van der Waals surface area contributed by atoms with E-state index in [-0.39, 0.29) is 5.41 Å². The summed E-state index contributed by atoms with van der Waals surface area (Å²) in [5.74, 6) is 1.35. The number of rotatable bonds is 4. The van der Waals surface area contributed by atoms with E-state index >= 15 is 0 Å². The molecule has 0 bridgehead atoms. The molecule has 1 rings (SSSR count). The number of halogens is 1. The van der Waals surface area contributed by atoms with E-state index in [0.29, 0.717) is 11.3 Å². The maximum absolute atomic E-state index is 11.4. The van der Waals surface area contributed by atoms with Gasteiger partial charge in [-0.05, 0) is 40.5 Å². The van der Waals surface area contributed by atoms with Gasteiger partial charge in [-0.2, -0.15) is 0 Å². The lowest BCUT2D eigenvalue weighted by molar-refractivity contribution is 0.112. The molecule has 0 fully saturated rings. The normalized spacial score (nSPS) is 11.6. The molecule has 0 amide bonds. The molecular weight excluding hydrogens is 324 g/mol. The van der Waals surface area contributed by atoms with E-state index in [9.17, 15) is 4.79 Å². The van der Waals surface area contributed by atoms with Gasteiger partial charge in [-0.1, -0.05) is 20.8 Å². The molecule has 1 aromatic rings. The molecule has 1 aromatic carbocycles. The number of aldehydes is 1. The first-order valence-corrected chi connectivity index (χ1v) is 9.26. The molecule has 0 heterocycles. The first-order chi connectivity index (χ1) is 8.72. The molecule has 0 atom stereocenters. The van der Waals surface area contributed by atoms with E-state index in [1.165, 1.54) is 0 Å². The van der Waals surface area contributed by atoms with Crippen molar-refractivity contribution in [2.45, 2.75) is 39.3 Å². The zero-order chi connectivity index (χ0) is 14.8. The van der Waals surface area contributed by atoms with E-state index < -0.39 is 9.04 Å². The standard InChI is InChI=1S/C14H20BrO3Si/c1-14(2,3)11-9(8-16)7-10(17-4)12(15)13(11)18-19(5)6/h7-8H,1-6H3. The third-order valence-corrected chi connectivity index (χ3v) is 3.98. The van der Waals surface area contributed by atoms with Crippen LogP contribution >= 0.6 is 15.9 Å². The van der Waals surface area contributed by atoms with Crippen LogP contribution in [0.2, 0.25) is 13.1 Å². The number of hydrogen-bond acceptors (Lipinski definition) is 3. The van der Waals surface area contributed by atoms with Crippen LogP contribution in [0.25, 0.3) is 0 Å². The number of carbonyl (C=O) groups is 1. The van der Waals surface area contributed by atoms with Crippen LogP contribution in [0.15, 0.2) is 10.5 Å². The van der Waals surface area contributed by atoms with Crippen molar-refractivity contribution in [3.8, 4) is 11.5 Å². The molecule has 0 saturated carbocycles. The Hall–Kier alpha value is -0.813. The smallest absolute Gasteiger partial charge is 0.274 e. The zero-order valence-corrected chi connectivity index (χ0v) is 14.8. The first kappa shape index (κ1) is 16.2. The highest BCUT2D eigenvalue weighted by Crippen LogP contribution is 2.44. The monoisotopic (exact) mass is 343 g/mol. The van der Waals surface area contributed by atoms with Gasteiger partial charge >= 0.3 is 0 Å². The molecular formula is C14H20BrO3Si. The van der Waals surface area contributed by atoms with Gasteiger partial charge in [0, 0.05) is 11.1 Å².